The van der Waals surface area contributed by atoms with Gasteiger partial charge in [0.05, 0.1) is 18.0 Å². The fraction of sp³-hybridized carbons (Fsp3) is 0.412. The van der Waals surface area contributed by atoms with Crippen LogP contribution in [0.25, 0.3) is 0 Å². The Balaban J connectivity index is 1.27. The van der Waals surface area contributed by atoms with E-state index in [0.717, 1.165) is 69.3 Å². The summed E-state index contributed by atoms with van der Waals surface area (Å²) in [5.41, 5.74) is 2.39. The van der Waals surface area contributed by atoms with E-state index in [-0.39, 0.29) is 17.5 Å². The number of amides is 2. The molecule has 44 heavy (non-hydrogen) atoms. The molecular formula is C34H44N4O5S. The van der Waals surface area contributed by atoms with Crippen LogP contribution in [0.3, 0.4) is 0 Å². The number of hydrogen-bond donors (Lipinski definition) is 2. The Kier molecular flexibility index (Phi) is 11.5. The van der Waals surface area contributed by atoms with Crippen LogP contribution in [0.4, 0.5) is 10.5 Å². The second kappa shape index (κ2) is 15.3. The maximum absolute atomic E-state index is 12.9. The first-order chi connectivity index (χ1) is 21.1. The molecule has 1 aliphatic heterocycles. The van der Waals surface area contributed by atoms with Gasteiger partial charge in [-0.05, 0) is 87.8 Å². The lowest BCUT2D eigenvalue weighted by Gasteiger charge is -2.39. The summed E-state index contributed by atoms with van der Waals surface area (Å²) in [7, 11) is 0.406. The lowest BCUT2D eigenvalue weighted by atomic mass is 9.77. The van der Waals surface area contributed by atoms with Gasteiger partial charge < -0.3 is 30.0 Å². The largest absolute Gasteiger partial charge is 0.497 e. The summed E-state index contributed by atoms with van der Waals surface area (Å²) in [6.07, 6.45) is 5.47. The number of hydrogen-bond acceptors (Lipinski definition) is 7. The van der Waals surface area contributed by atoms with Gasteiger partial charge in [-0.2, -0.15) is 0 Å². The van der Waals surface area contributed by atoms with Gasteiger partial charge in [0.25, 0.3) is 0 Å². The van der Waals surface area contributed by atoms with E-state index in [1.807, 2.05) is 67.7 Å². The van der Waals surface area contributed by atoms with Crippen molar-refractivity contribution in [2.75, 3.05) is 51.9 Å². The molecule has 3 aromatic carbocycles. The van der Waals surface area contributed by atoms with E-state index in [0.29, 0.717) is 22.9 Å². The van der Waals surface area contributed by atoms with E-state index < -0.39 is 9.84 Å². The minimum Gasteiger partial charge on any atom is -0.497 e. The van der Waals surface area contributed by atoms with Crippen molar-refractivity contribution in [2.45, 2.75) is 43.2 Å². The molecule has 0 aromatic heterocycles. The number of rotatable bonds is 14. The molecule has 0 spiro atoms. The molecule has 1 unspecified atom stereocenters. The van der Waals surface area contributed by atoms with Crippen molar-refractivity contribution in [3.05, 3.63) is 90.0 Å². The van der Waals surface area contributed by atoms with E-state index in [9.17, 15) is 18.0 Å². The summed E-state index contributed by atoms with van der Waals surface area (Å²) in [5.74, 6) is 0.673. The molecule has 1 aliphatic rings. The summed E-state index contributed by atoms with van der Waals surface area (Å²) in [6.45, 7) is 3.91. The second-order valence-electron chi connectivity index (χ2n) is 11.8. The van der Waals surface area contributed by atoms with Gasteiger partial charge in [0.1, 0.15) is 12.0 Å². The van der Waals surface area contributed by atoms with E-state index in [1.165, 1.54) is 6.26 Å². The molecule has 0 saturated carbocycles. The molecule has 9 nitrogen and oxygen atoms in total. The molecule has 1 atom stereocenters. The fourth-order valence-corrected chi connectivity index (χ4v) is 6.27. The Labute approximate surface area is 261 Å². The number of benzene rings is 3. The van der Waals surface area contributed by atoms with E-state index >= 15 is 0 Å². The lowest BCUT2D eigenvalue weighted by Crippen LogP contribution is -2.43. The third-order valence-electron chi connectivity index (χ3n) is 8.47. The second-order valence-corrected chi connectivity index (χ2v) is 13.8. The average Bonchev–Trinajstić information content (AvgIpc) is 3.03. The van der Waals surface area contributed by atoms with Crippen LogP contribution in [0.1, 0.15) is 42.9 Å². The number of piperidine rings is 1. The van der Waals surface area contributed by atoms with Crippen LogP contribution in [0.5, 0.6) is 5.75 Å². The number of ether oxygens (including phenoxy) is 1. The molecule has 1 heterocycles. The summed E-state index contributed by atoms with van der Waals surface area (Å²) in [6, 6.07) is 23.8. The Morgan fingerprint density at radius 1 is 1.05 bits per heavy atom. The number of urea groups is 1. The van der Waals surface area contributed by atoms with E-state index in [2.05, 4.69) is 20.4 Å². The molecule has 10 heteroatoms. The number of sulfone groups is 1. The Morgan fingerprint density at radius 3 is 2.39 bits per heavy atom. The number of anilines is 1. The third kappa shape index (κ3) is 9.64. The molecule has 4 rings (SSSR count). The van der Waals surface area contributed by atoms with Crippen molar-refractivity contribution < 1.29 is 22.7 Å². The number of likely N-dealkylation sites (tertiary alicyclic amines) is 1. The highest BCUT2D eigenvalue weighted by Crippen LogP contribution is 2.34. The molecule has 2 amide bonds. The minimum absolute atomic E-state index is 0.167. The average molecular weight is 621 g/mol. The Morgan fingerprint density at radius 2 is 1.75 bits per heavy atom. The number of methoxy groups -OCH3 is 1. The van der Waals surface area contributed by atoms with Crippen LogP contribution < -0.4 is 15.4 Å². The van der Waals surface area contributed by atoms with Gasteiger partial charge in [-0.1, -0.05) is 48.5 Å². The van der Waals surface area contributed by atoms with Crippen molar-refractivity contribution >= 4 is 27.8 Å². The topological polar surface area (TPSA) is 108 Å². The van der Waals surface area contributed by atoms with Crippen LogP contribution in [-0.2, 0) is 21.2 Å². The maximum atomic E-state index is 12.9. The van der Waals surface area contributed by atoms with Gasteiger partial charge in [-0.25, -0.2) is 13.2 Å². The van der Waals surface area contributed by atoms with Crippen LogP contribution in [0, 0.1) is 5.41 Å². The number of nitrogens with zero attached hydrogens (tertiary/aromatic N) is 2. The van der Waals surface area contributed by atoms with E-state index in [1.54, 1.807) is 25.3 Å². The lowest BCUT2D eigenvalue weighted by molar-refractivity contribution is -0.119. The number of aldehydes is 1. The zero-order valence-corrected chi connectivity index (χ0v) is 26.7. The molecule has 1 fully saturated rings. The predicted octanol–water partition coefficient (Wildman–Crippen LogP) is 5.15. The quantitative estimate of drug-likeness (QED) is 0.240. The maximum Gasteiger partial charge on any atom is 0.319 e. The smallest absolute Gasteiger partial charge is 0.319 e. The van der Waals surface area contributed by atoms with Gasteiger partial charge in [-0.3, -0.25) is 0 Å². The van der Waals surface area contributed by atoms with Crippen LogP contribution >= 0.6 is 0 Å². The zero-order chi connectivity index (χ0) is 31.6. The van der Waals surface area contributed by atoms with Gasteiger partial charge in [-0.15, -0.1) is 0 Å². The van der Waals surface area contributed by atoms with Crippen molar-refractivity contribution in [3.63, 3.8) is 0 Å². The molecule has 2 N–H and O–H groups in total. The van der Waals surface area contributed by atoms with E-state index in [4.69, 9.17) is 4.74 Å². The molecule has 1 saturated heterocycles. The first-order valence-corrected chi connectivity index (χ1v) is 16.9. The molecular weight excluding hydrogens is 576 g/mol. The fourth-order valence-electron chi connectivity index (χ4n) is 5.64. The van der Waals surface area contributed by atoms with Gasteiger partial charge in [0.2, 0.25) is 0 Å². The third-order valence-corrected chi connectivity index (χ3v) is 9.59. The van der Waals surface area contributed by atoms with Crippen molar-refractivity contribution in [2.24, 2.45) is 5.41 Å². The van der Waals surface area contributed by atoms with Crippen molar-refractivity contribution in [1.29, 1.82) is 0 Å². The van der Waals surface area contributed by atoms with Crippen LogP contribution in [0.2, 0.25) is 0 Å². The van der Waals surface area contributed by atoms with Crippen LogP contribution in [-0.4, -0.2) is 77.1 Å². The number of carbonyl (C=O) groups is 2. The van der Waals surface area contributed by atoms with Crippen LogP contribution in [0.15, 0.2) is 83.8 Å². The first kappa shape index (κ1) is 33.2. The number of nitrogens with one attached hydrogen (secondary N) is 2. The Bertz CT molecular complexity index is 1470. The molecule has 236 valence electrons. The molecule has 0 bridgehead atoms. The number of carbonyl (C=O) groups excluding carboxylic acids is 2. The minimum atomic E-state index is -3.21. The highest BCUT2D eigenvalue weighted by Gasteiger charge is 2.34. The zero-order valence-electron chi connectivity index (χ0n) is 25.9. The molecule has 3 aromatic rings. The summed E-state index contributed by atoms with van der Waals surface area (Å²) in [5, 5.41) is 6.05. The monoisotopic (exact) mass is 620 g/mol. The highest BCUT2D eigenvalue weighted by atomic mass is 32.2. The molecule has 0 aliphatic carbocycles. The summed E-state index contributed by atoms with van der Waals surface area (Å²) >= 11 is 0. The summed E-state index contributed by atoms with van der Waals surface area (Å²) in [4.78, 5) is 30.1. The summed E-state index contributed by atoms with van der Waals surface area (Å²) < 4.78 is 28.7. The normalized spacial score (nSPS) is 15.8. The predicted molar refractivity (Wildman–Crippen MR) is 174 cm³/mol. The van der Waals surface area contributed by atoms with Gasteiger partial charge in [0.15, 0.2) is 9.84 Å². The van der Waals surface area contributed by atoms with Gasteiger partial charge >= 0.3 is 6.03 Å². The first-order valence-electron chi connectivity index (χ1n) is 15.0. The highest BCUT2D eigenvalue weighted by molar-refractivity contribution is 7.90. The Hall–Kier alpha value is -3.73. The van der Waals surface area contributed by atoms with Crippen molar-refractivity contribution in [1.82, 2.24) is 15.1 Å². The molecule has 0 radical (unpaired) electrons. The SMILES string of the molecule is COc1cccc(NC(=O)NC(CCN2CCC(C=O)(CCN(C)Cc3ccc(S(C)(=O)=O)cc3)CC2)c2ccccc2)c1. The standard InChI is InChI=1S/C34H44N4O5S/c1-37(25-27-12-14-31(15-13-27)44(3,41)42)21-17-34(26-39)18-22-38(23-19-34)20-16-32(28-8-5-4-6-9-28)36-33(40)35-29-10-7-11-30(24-29)43-2/h4-15,24,26,32H,16-23,25H2,1-3H3,(H2,35,36,40). The van der Waals surface area contributed by atoms with Gasteiger partial charge in [0, 0.05) is 36.5 Å². The van der Waals surface area contributed by atoms with Crippen molar-refractivity contribution in [3.8, 4) is 5.75 Å².